The van der Waals surface area contributed by atoms with E-state index in [0.29, 0.717) is 0 Å². The van der Waals surface area contributed by atoms with E-state index in [1.54, 1.807) is 0 Å². The van der Waals surface area contributed by atoms with Gasteiger partial charge in [-0.15, -0.1) is 0 Å². The fourth-order valence-corrected chi connectivity index (χ4v) is 7.73. The topological polar surface area (TPSA) is 27.7 Å². The Morgan fingerprint density at radius 2 is 1.08 bits per heavy atom. The van der Waals surface area contributed by atoms with Gasteiger partial charge >= 0.3 is 7.32 Å². The minimum atomic E-state index is -0.401. The molecule has 0 fully saturated rings. The molecule has 3 nitrogen and oxygen atoms in total. The van der Waals surface area contributed by atoms with Gasteiger partial charge in [0.2, 0.25) is 0 Å². The van der Waals surface area contributed by atoms with E-state index in [1.165, 1.54) is 17.0 Å². The van der Waals surface area contributed by atoms with Crippen molar-refractivity contribution in [1.82, 2.24) is 0 Å². The molecule has 0 unspecified atom stereocenters. The highest BCUT2D eigenvalue weighted by atomic mass is 29.0. The van der Waals surface area contributed by atoms with Gasteiger partial charge in [-0.25, -0.2) is 0 Å². The van der Waals surface area contributed by atoms with Crippen molar-refractivity contribution in [2.45, 2.75) is 17.0 Å². The van der Waals surface area contributed by atoms with Crippen LogP contribution in [0.5, 0.6) is 0 Å². The zero-order valence-corrected chi connectivity index (χ0v) is 12.9. The van der Waals surface area contributed by atoms with E-state index in [9.17, 15) is 0 Å². The molecular formula is C3H6BO3Si6. The summed E-state index contributed by atoms with van der Waals surface area (Å²) in [7, 11) is 1.89. The molecule has 0 bridgehead atoms. The molecule has 10 heteroatoms. The highest BCUT2D eigenvalue weighted by Crippen LogP contribution is 2.08. The van der Waals surface area contributed by atoms with E-state index < -0.39 is 24.4 Å². The first-order valence-corrected chi connectivity index (χ1v) is 15.7. The molecule has 13 heavy (non-hydrogen) atoms. The van der Waals surface area contributed by atoms with Crippen LogP contribution in [0, 0.1) is 0 Å². The maximum absolute atomic E-state index is 5.79. The van der Waals surface area contributed by atoms with Crippen molar-refractivity contribution in [3.8, 4) is 0 Å². The summed E-state index contributed by atoms with van der Waals surface area (Å²) in [4.78, 5) is 0. The molecule has 3 aliphatic rings. The Bertz CT molecular complexity index is 286. The predicted octanol–water partition coefficient (Wildman–Crippen LogP) is -1.49. The Hall–Kier alpha value is 0.766. The van der Waals surface area contributed by atoms with Gasteiger partial charge in [0.15, 0.2) is 24.4 Å². The Balaban J connectivity index is 1.53. The molecule has 0 saturated carbocycles. The normalized spacial score (nSPS) is 20.8. The third-order valence-electron chi connectivity index (χ3n) is 1.68. The lowest BCUT2D eigenvalue weighted by Crippen LogP contribution is -2.31. The van der Waals surface area contributed by atoms with Crippen LogP contribution in [0.25, 0.3) is 0 Å². The SMILES string of the molecule is C1[Si]=[Si]1OB(O[Si]1=[Si]C1)O[Si]1=[Si]C1. The first-order valence-electron chi connectivity index (χ1n) is 4.19. The Morgan fingerprint density at radius 1 is 0.769 bits per heavy atom. The predicted molar refractivity (Wildman–Crippen MR) is 58.0 cm³/mol. The van der Waals surface area contributed by atoms with E-state index in [2.05, 4.69) is 0 Å². The van der Waals surface area contributed by atoms with Crippen LogP contribution >= 0.6 is 0 Å². The second-order valence-corrected chi connectivity index (χ2v) is 19.7. The first kappa shape index (κ1) is 9.03. The van der Waals surface area contributed by atoms with Crippen molar-refractivity contribution >= 4 is 57.6 Å². The molecule has 0 spiro atoms. The maximum atomic E-state index is 5.79. The average Bonchev–Trinajstić information content (AvgIpc) is 2.94. The third kappa shape index (κ3) is 3.12. The number of hydrogen-bond acceptors (Lipinski definition) is 3. The van der Waals surface area contributed by atoms with Gasteiger partial charge in [-0.05, 0) is 17.0 Å². The van der Waals surface area contributed by atoms with Crippen molar-refractivity contribution < 1.29 is 13.0 Å². The van der Waals surface area contributed by atoms with E-state index in [1.807, 2.05) is 0 Å². The molecule has 0 atom stereocenters. The summed E-state index contributed by atoms with van der Waals surface area (Å²) in [5, 5.41) is 0. The third-order valence-corrected chi connectivity index (χ3v) is 11.9. The molecule has 3 heterocycles. The fourth-order valence-electron chi connectivity index (χ4n) is 0.779. The molecule has 3 rings (SSSR count). The van der Waals surface area contributed by atoms with Crippen molar-refractivity contribution in [3.05, 3.63) is 0 Å². The highest BCUT2D eigenvalue weighted by Gasteiger charge is 2.36. The van der Waals surface area contributed by atoms with Crippen LogP contribution in [0.2, 0.25) is 17.0 Å². The monoisotopic (exact) mass is 269 g/mol. The quantitative estimate of drug-likeness (QED) is 0.550. The van der Waals surface area contributed by atoms with Crippen LogP contribution in [0.1, 0.15) is 0 Å². The average molecular weight is 269 g/mol. The number of rotatable bonds is 6. The van der Waals surface area contributed by atoms with Gasteiger partial charge in [0, 0.05) is 25.8 Å². The van der Waals surface area contributed by atoms with Gasteiger partial charge in [-0.3, -0.25) is 0 Å². The van der Waals surface area contributed by atoms with E-state index >= 15 is 0 Å². The minimum Gasteiger partial charge on any atom is -0.560 e. The fraction of sp³-hybridized carbons (Fsp3) is 1.00. The lowest BCUT2D eigenvalue weighted by atomic mass is 10.3. The van der Waals surface area contributed by atoms with E-state index in [4.69, 9.17) is 13.0 Å². The summed E-state index contributed by atoms with van der Waals surface area (Å²) in [6.07, 6.45) is 0. The van der Waals surface area contributed by atoms with Gasteiger partial charge in [-0.2, -0.15) is 0 Å². The molecule has 0 aromatic rings. The molecule has 3 radical (unpaired) electrons. The van der Waals surface area contributed by atoms with Crippen LogP contribution < -0.4 is 0 Å². The van der Waals surface area contributed by atoms with E-state index in [-0.39, 0.29) is 7.32 Å². The molecule has 0 N–H and O–H groups in total. The molecule has 0 amide bonds. The second-order valence-electron chi connectivity index (χ2n) is 2.97. The molecule has 0 aromatic carbocycles. The zero-order chi connectivity index (χ0) is 8.67. The summed E-state index contributed by atoms with van der Waals surface area (Å²) in [5.74, 6) is 0. The molecule has 0 aliphatic carbocycles. The lowest BCUT2D eigenvalue weighted by Gasteiger charge is -2.13. The lowest BCUT2D eigenvalue weighted by molar-refractivity contribution is 0.333. The van der Waals surface area contributed by atoms with Crippen LogP contribution in [-0.2, 0) is 13.0 Å². The zero-order valence-electron chi connectivity index (χ0n) is 6.92. The molecular weight excluding hydrogens is 263 g/mol. The van der Waals surface area contributed by atoms with Gasteiger partial charge < -0.3 is 13.0 Å². The highest BCUT2D eigenvalue weighted by molar-refractivity contribution is 7.07. The first-order chi connectivity index (χ1) is 6.40. The van der Waals surface area contributed by atoms with Gasteiger partial charge in [0.25, 0.3) is 0 Å². The van der Waals surface area contributed by atoms with Crippen LogP contribution in [-0.4, -0.2) is 57.6 Å². The van der Waals surface area contributed by atoms with Gasteiger partial charge in [0.1, 0.15) is 0 Å². The Labute approximate surface area is 87.6 Å². The summed E-state index contributed by atoms with van der Waals surface area (Å²) >= 11 is 0. The van der Waals surface area contributed by atoms with Gasteiger partial charge in [-0.1, -0.05) is 0 Å². The minimum absolute atomic E-state index is 0.198. The summed E-state index contributed by atoms with van der Waals surface area (Å²) in [6.45, 7) is 0. The van der Waals surface area contributed by atoms with E-state index in [0.717, 1.165) is 25.8 Å². The van der Waals surface area contributed by atoms with Crippen molar-refractivity contribution in [2.24, 2.45) is 0 Å². The molecule has 3 aliphatic heterocycles. The summed E-state index contributed by atoms with van der Waals surface area (Å²) in [5.41, 5.74) is 4.01. The largest absolute Gasteiger partial charge is 0.818 e. The molecule has 63 valence electrons. The number of hydrogen-bond donors (Lipinski definition) is 0. The van der Waals surface area contributed by atoms with Crippen LogP contribution in [0.15, 0.2) is 0 Å². The Morgan fingerprint density at radius 3 is 1.31 bits per heavy atom. The maximum Gasteiger partial charge on any atom is 0.818 e. The standard InChI is InChI=1S/C3H6BO3Si6/c1-8-11(1)5-4(6-12-2-9-12)7-13-3-10-13/h1-3H2. The van der Waals surface area contributed by atoms with Crippen molar-refractivity contribution in [2.75, 3.05) is 0 Å². The summed E-state index contributed by atoms with van der Waals surface area (Å²) in [6, 6.07) is 0. The summed E-state index contributed by atoms with van der Waals surface area (Å²) < 4.78 is 17.4. The van der Waals surface area contributed by atoms with Crippen molar-refractivity contribution in [1.29, 1.82) is 0 Å². The van der Waals surface area contributed by atoms with Crippen molar-refractivity contribution in [3.63, 3.8) is 0 Å². The molecule has 0 aromatic heterocycles. The van der Waals surface area contributed by atoms with Gasteiger partial charge in [0.05, 0.1) is 0 Å². The Kier molecular flexibility index (Phi) is 2.59. The smallest absolute Gasteiger partial charge is 0.560 e. The van der Waals surface area contributed by atoms with Crippen LogP contribution in [0.4, 0.5) is 0 Å². The van der Waals surface area contributed by atoms with Crippen LogP contribution in [0.3, 0.4) is 0 Å². The molecule has 0 saturated heterocycles. The second kappa shape index (κ2) is 3.73.